The van der Waals surface area contributed by atoms with Crippen molar-refractivity contribution in [3.63, 3.8) is 0 Å². The summed E-state index contributed by atoms with van der Waals surface area (Å²) in [5.74, 6) is 0.791. The highest BCUT2D eigenvalue weighted by Crippen LogP contribution is 2.24. The Morgan fingerprint density at radius 1 is 1.00 bits per heavy atom. The highest BCUT2D eigenvalue weighted by atomic mass is 16.5. The fraction of sp³-hybridized carbons (Fsp3) is 0.417. The van der Waals surface area contributed by atoms with Gasteiger partial charge in [-0.2, -0.15) is 0 Å². The minimum absolute atomic E-state index is 0.00709. The summed E-state index contributed by atoms with van der Waals surface area (Å²) in [6.07, 6.45) is 3.71. The van der Waals surface area contributed by atoms with E-state index in [9.17, 15) is 9.59 Å². The molecule has 2 aromatic carbocycles. The van der Waals surface area contributed by atoms with Crippen LogP contribution >= 0.6 is 0 Å². The molecule has 1 atom stereocenters. The monoisotopic (exact) mass is 394 g/mol. The van der Waals surface area contributed by atoms with E-state index in [1.54, 1.807) is 31.4 Å². The smallest absolute Gasteiger partial charge is 0.220 e. The van der Waals surface area contributed by atoms with Crippen LogP contribution in [0.2, 0.25) is 0 Å². The molecule has 0 saturated carbocycles. The molecule has 154 valence electrons. The zero-order valence-corrected chi connectivity index (χ0v) is 17.1. The maximum atomic E-state index is 12.3. The van der Waals surface area contributed by atoms with Crippen LogP contribution in [-0.2, 0) is 4.79 Å². The SMILES string of the molecule is COc1ccc(C(=O)CCCC(=O)NCC(c2ccccc2)N2CCCC2)cc1. The van der Waals surface area contributed by atoms with Crippen LogP contribution in [0.3, 0.4) is 0 Å². The number of carbonyl (C=O) groups is 2. The van der Waals surface area contributed by atoms with Crippen LogP contribution < -0.4 is 10.1 Å². The second kappa shape index (κ2) is 10.8. The molecule has 1 aliphatic rings. The van der Waals surface area contributed by atoms with Crippen molar-refractivity contribution in [1.82, 2.24) is 10.2 Å². The number of nitrogens with zero attached hydrogens (tertiary/aromatic N) is 1. The number of hydrogen-bond acceptors (Lipinski definition) is 4. The number of nitrogens with one attached hydrogen (secondary N) is 1. The first-order valence-corrected chi connectivity index (χ1v) is 10.4. The number of rotatable bonds is 10. The van der Waals surface area contributed by atoms with Gasteiger partial charge in [-0.15, -0.1) is 0 Å². The lowest BCUT2D eigenvalue weighted by molar-refractivity contribution is -0.121. The van der Waals surface area contributed by atoms with Crippen molar-refractivity contribution in [2.45, 2.75) is 38.1 Å². The summed E-state index contributed by atoms with van der Waals surface area (Å²) < 4.78 is 5.11. The van der Waals surface area contributed by atoms with Gasteiger partial charge >= 0.3 is 0 Å². The van der Waals surface area contributed by atoms with Gasteiger partial charge in [-0.1, -0.05) is 30.3 Å². The fourth-order valence-corrected chi connectivity index (χ4v) is 3.82. The van der Waals surface area contributed by atoms with Gasteiger partial charge < -0.3 is 10.1 Å². The predicted molar refractivity (Wildman–Crippen MR) is 114 cm³/mol. The molecule has 3 rings (SSSR count). The third-order valence-corrected chi connectivity index (χ3v) is 5.48. The number of amides is 1. The molecule has 5 nitrogen and oxygen atoms in total. The van der Waals surface area contributed by atoms with Crippen molar-refractivity contribution in [2.24, 2.45) is 0 Å². The van der Waals surface area contributed by atoms with E-state index in [0.29, 0.717) is 31.4 Å². The van der Waals surface area contributed by atoms with Crippen LogP contribution in [-0.4, -0.2) is 43.3 Å². The highest BCUT2D eigenvalue weighted by molar-refractivity contribution is 5.96. The molecule has 29 heavy (non-hydrogen) atoms. The minimum Gasteiger partial charge on any atom is -0.497 e. The highest BCUT2D eigenvalue weighted by Gasteiger charge is 2.23. The molecule has 5 heteroatoms. The van der Waals surface area contributed by atoms with E-state index in [1.165, 1.54) is 18.4 Å². The maximum Gasteiger partial charge on any atom is 0.220 e. The first kappa shape index (κ1) is 21.1. The zero-order valence-electron chi connectivity index (χ0n) is 17.1. The average Bonchev–Trinajstić information content (AvgIpc) is 3.29. The number of methoxy groups -OCH3 is 1. The van der Waals surface area contributed by atoms with Crippen molar-refractivity contribution in [3.05, 3.63) is 65.7 Å². The van der Waals surface area contributed by atoms with Gasteiger partial charge in [-0.25, -0.2) is 0 Å². The van der Waals surface area contributed by atoms with E-state index in [2.05, 4.69) is 22.3 Å². The van der Waals surface area contributed by atoms with E-state index in [0.717, 1.165) is 18.8 Å². The molecule has 1 N–H and O–H groups in total. The van der Waals surface area contributed by atoms with Gasteiger partial charge in [-0.05, 0) is 62.2 Å². The fourth-order valence-electron chi connectivity index (χ4n) is 3.82. The van der Waals surface area contributed by atoms with Crippen LogP contribution in [0.15, 0.2) is 54.6 Å². The standard InChI is InChI=1S/C24H30N2O3/c1-29-21-14-12-20(13-15-21)23(27)10-7-11-24(28)25-18-22(26-16-5-6-17-26)19-8-3-2-4-9-19/h2-4,8-9,12-15,22H,5-7,10-11,16-18H2,1H3,(H,25,28). The molecule has 2 aromatic rings. The summed E-state index contributed by atoms with van der Waals surface area (Å²) in [7, 11) is 1.60. The van der Waals surface area contributed by atoms with Crippen molar-refractivity contribution in [1.29, 1.82) is 0 Å². The van der Waals surface area contributed by atoms with Gasteiger partial charge in [0.05, 0.1) is 13.2 Å². The molecular formula is C24H30N2O3. The molecule has 0 aromatic heterocycles. The zero-order chi connectivity index (χ0) is 20.5. The predicted octanol–water partition coefficient (Wildman–Crippen LogP) is 4.00. The van der Waals surface area contributed by atoms with E-state index < -0.39 is 0 Å². The lowest BCUT2D eigenvalue weighted by Gasteiger charge is -2.28. The topological polar surface area (TPSA) is 58.6 Å². The number of ether oxygens (including phenoxy) is 1. The van der Waals surface area contributed by atoms with Gasteiger partial charge in [0.25, 0.3) is 0 Å². The van der Waals surface area contributed by atoms with Crippen molar-refractivity contribution < 1.29 is 14.3 Å². The van der Waals surface area contributed by atoms with Gasteiger partial charge in [-0.3, -0.25) is 14.5 Å². The van der Waals surface area contributed by atoms with E-state index in [1.807, 2.05) is 18.2 Å². The Kier molecular flexibility index (Phi) is 7.82. The summed E-state index contributed by atoms with van der Waals surface area (Å²) in [6.45, 7) is 2.76. The Morgan fingerprint density at radius 3 is 2.34 bits per heavy atom. The van der Waals surface area contributed by atoms with E-state index in [-0.39, 0.29) is 17.7 Å². The van der Waals surface area contributed by atoms with E-state index in [4.69, 9.17) is 4.74 Å². The number of carbonyl (C=O) groups excluding carboxylic acids is 2. The second-order valence-electron chi connectivity index (χ2n) is 7.48. The van der Waals surface area contributed by atoms with Gasteiger partial charge in [0, 0.05) is 24.9 Å². The summed E-state index contributed by atoms with van der Waals surface area (Å²) in [5.41, 5.74) is 1.90. The molecule has 1 amide bonds. The van der Waals surface area contributed by atoms with Gasteiger partial charge in [0.2, 0.25) is 5.91 Å². The Bertz CT molecular complexity index is 784. The molecule has 0 spiro atoms. The maximum absolute atomic E-state index is 12.3. The van der Waals surface area contributed by atoms with E-state index >= 15 is 0 Å². The van der Waals surface area contributed by atoms with Crippen molar-refractivity contribution in [2.75, 3.05) is 26.7 Å². The lowest BCUT2D eigenvalue weighted by atomic mass is 10.0. The molecular weight excluding hydrogens is 364 g/mol. The Labute approximate surface area is 173 Å². The van der Waals surface area contributed by atoms with Crippen molar-refractivity contribution >= 4 is 11.7 Å². The summed E-state index contributed by atoms with van der Waals surface area (Å²) in [6, 6.07) is 17.7. The number of Topliss-reactive ketones (excluding diaryl/α,β-unsaturated/α-hetero) is 1. The minimum atomic E-state index is 0.00709. The van der Waals surface area contributed by atoms with Crippen molar-refractivity contribution in [3.8, 4) is 5.75 Å². The lowest BCUT2D eigenvalue weighted by Crippen LogP contribution is -2.36. The van der Waals surface area contributed by atoms with Crippen LogP contribution in [0.5, 0.6) is 5.75 Å². The summed E-state index contributed by atoms with van der Waals surface area (Å²) in [4.78, 5) is 27.1. The third-order valence-electron chi connectivity index (χ3n) is 5.48. The van der Waals surface area contributed by atoms with Gasteiger partial charge in [0.1, 0.15) is 5.75 Å². The Balaban J connectivity index is 1.44. The second-order valence-corrected chi connectivity index (χ2v) is 7.48. The van der Waals surface area contributed by atoms with Crippen LogP contribution in [0.25, 0.3) is 0 Å². The quantitative estimate of drug-likeness (QED) is 0.619. The molecule has 1 fully saturated rings. The number of hydrogen-bond donors (Lipinski definition) is 1. The molecule has 0 bridgehead atoms. The molecule has 0 radical (unpaired) electrons. The number of ketones is 1. The average molecular weight is 395 g/mol. The number of benzene rings is 2. The normalized spacial score (nSPS) is 15.1. The van der Waals surface area contributed by atoms with Crippen LogP contribution in [0.4, 0.5) is 0 Å². The number of likely N-dealkylation sites (tertiary alicyclic amines) is 1. The first-order valence-electron chi connectivity index (χ1n) is 10.4. The Hall–Kier alpha value is -2.66. The van der Waals surface area contributed by atoms with Crippen LogP contribution in [0, 0.1) is 0 Å². The molecule has 1 heterocycles. The molecule has 1 saturated heterocycles. The largest absolute Gasteiger partial charge is 0.497 e. The Morgan fingerprint density at radius 2 is 1.69 bits per heavy atom. The van der Waals surface area contributed by atoms with Gasteiger partial charge in [0.15, 0.2) is 5.78 Å². The molecule has 1 unspecified atom stereocenters. The van der Waals surface area contributed by atoms with Crippen LogP contribution in [0.1, 0.15) is 54.1 Å². The molecule has 1 aliphatic heterocycles. The summed E-state index contributed by atoms with van der Waals surface area (Å²) >= 11 is 0. The first-order chi connectivity index (χ1) is 14.2. The third kappa shape index (κ3) is 6.16. The summed E-state index contributed by atoms with van der Waals surface area (Å²) in [5, 5.41) is 3.08. The molecule has 0 aliphatic carbocycles.